The topological polar surface area (TPSA) is 43.7 Å². The third-order valence-electron chi connectivity index (χ3n) is 4.71. The van der Waals surface area contributed by atoms with Crippen LogP contribution in [0.3, 0.4) is 0 Å². The Labute approximate surface area is 138 Å². The number of benzene rings is 2. The number of hydrogen-bond acceptors (Lipinski definition) is 3. The van der Waals surface area contributed by atoms with Crippen LogP contribution in [0.2, 0.25) is 0 Å². The molecular formula is C20H25NO2. The van der Waals surface area contributed by atoms with Crippen LogP contribution in [-0.4, -0.2) is 33.4 Å². The van der Waals surface area contributed by atoms with E-state index in [2.05, 4.69) is 29.2 Å². The van der Waals surface area contributed by atoms with Crippen molar-refractivity contribution in [2.75, 3.05) is 0 Å². The molecule has 3 atom stereocenters. The first kappa shape index (κ1) is 16.2. The fourth-order valence-corrected chi connectivity index (χ4v) is 3.46. The molecule has 3 rings (SSSR count). The Balaban J connectivity index is 1.80. The minimum atomic E-state index is -0.670. The minimum absolute atomic E-state index is 0.000776. The van der Waals surface area contributed by atoms with Crippen molar-refractivity contribution in [2.24, 2.45) is 0 Å². The fourth-order valence-electron chi connectivity index (χ4n) is 3.46. The second-order valence-corrected chi connectivity index (χ2v) is 6.43. The first-order valence-corrected chi connectivity index (χ1v) is 8.42. The Morgan fingerprint density at radius 1 is 0.783 bits per heavy atom. The molecule has 23 heavy (non-hydrogen) atoms. The smallest absolute Gasteiger partial charge is 0.0953 e. The molecule has 0 saturated heterocycles. The van der Waals surface area contributed by atoms with Gasteiger partial charge in [-0.2, -0.15) is 0 Å². The highest BCUT2D eigenvalue weighted by atomic mass is 16.3. The maximum absolute atomic E-state index is 10.5. The Hall–Kier alpha value is -1.68. The molecule has 2 aromatic rings. The van der Waals surface area contributed by atoms with E-state index in [1.165, 1.54) is 11.1 Å². The molecule has 2 N–H and O–H groups in total. The summed E-state index contributed by atoms with van der Waals surface area (Å²) in [4.78, 5) is 2.30. The predicted octanol–water partition coefficient (Wildman–Crippen LogP) is 2.96. The van der Waals surface area contributed by atoms with E-state index in [1.54, 1.807) is 0 Å². The van der Waals surface area contributed by atoms with Crippen LogP contribution >= 0.6 is 0 Å². The molecule has 1 aliphatic carbocycles. The summed E-state index contributed by atoms with van der Waals surface area (Å²) < 4.78 is 0. The van der Waals surface area contributed by atoms with Crippen molar-refractivity contribution in [2.45, 2.75) is 50.6 Å². The van der Waals surface area contributed by atoms with Gasteiger partial charge in [0.05, 0.1) is 12.2 Å². The second-order valence-electron chi connectivity index (χ2n) is 6.43. The van der Waals surface area contributed by atoms with Crippen LogP contribution in [-0.2, 0) is 13.1 Å². The molecule has 122 valence electrons. The summed E-state index contributed by atoms with van der Waals surface area (Å²) in [5.74, 6) is 0. The van der Waals surface area contributed by atoms with Crippen LogP contribution in [0, 0.1) is 0 Å². The standard InChI is InChI=1S/C20H25NO2/c22-19-13-7-12-18(20(19)23)21(14-16-8-3-1-4-9-16)15-17-10-5-2-6-11-17/h1-6,8-11,18-20,22-23H,7,12-15H2/t18-,19-,20-/m0/s1. The van der Waals surface area contributed by atoms with Crippen LogP contribution in [0.15, 0.2) is 60.7 Å². The Kier molecular flexibility index (Phi) is 5.44. The van der Waals surface area contributed by atoms with Crippen molar-refractivity contribution in [3.05, 3.63) is 71.8 Å². The van der Waals surface area contributed by atoms with Gasteiger partial charge in [0.2, 0.25) is 0 Å². The monoisotopic (exact) mass is 311 g/mol. The highest BCUT2D eigenvalue weighted by molar-refractivity contribution is 5.17. The summed E-state index contributed by atoms with van der Waals surface area (Å²) in [6.45, 7) is 1.56. The normalized spacial score (nSPS) is 24.7. The Morgan fingerprint density at radius 2 is 1.30 bits per heavy atom. The highest BCUT2D eigenvalue weighted by Gasteiger charge is 2.34. The second kappa shape index (κ2) is 7.73. The zero-order valence-electron chi connectivity index (χ0n) is 13.4. The molecule has 3 heteroatoms. The van der Waals surface area contributed by atoms with Crippen molar-refractivity contribution in [1.82, 2.24) is 4.90 Å². The largest absolute Gasteiger partial charge is 0.390 e. The number of nitrogens with zero attached hydrogens (tertiary/aromatic N) is 1. The Bertz CT molecular complexity index is 546. The lowest BCUT2D eigenvalue weighted by atomic mass is 9.88. The lowest BCUT2D eigenvalue weighted by molar-refractivity contribution is -0.0689. The minimum Gasteiger partial charge on any atom is -0.390 e. The van der Waals surface area contributed by atoms with Gasteiger partial charge in [0.1, 0.15) is 0 Å². The van der Waals surface area contributed by atoms with Gasteiger partial charge in [-0.3, -0.25) is 4.90 Å². The van der Waals surface area contributed by atoms with Crippen molar-refractivity contribution >= 4 is 0 Å². The molecule has 3 nitrogen and oxygen atoms in total. The number of aliphatic hydroxyl groups excluding tert-OH is 2. The van der Waals surface area contributed by atoms with Crippen molar-refractivity contribution in [3.63, 3.8) is 0 Å². The summed E-state index contributed by atoms with van der Waals surface area (Å²) in [5, 5.41) is 20.5. The molecule has 0 unspecified atom stereocenters. The van der Waals surface area contributed by atoms with Gasteiger partial charge in [-0.1, -0.05) is 60.7 Å². The molecular weight excluding hydrogens is 286 g/mol. The highest BCUT2D eigenvalue weighted by Crippen LogP contribution is 2.26. The summed E-state index contributed by atoms with van der Waals surface area (Å²) in [6.07, 6.45) is 1.31. The number of hydrogen-bond donors (Lipinski definition) is 2. The van der Waals surface area contributed by atoms with Crippen molar-refractivity contribution < 1.29 is 10.2 Å². The number of aliphatic hydroxyl groups is 2. The van der Waals surface area contributed by atoms with Gasteiger partial charge in [-0.15, -0.1) is 0 Å². The van der Waals surface area contributed by atoms with Gasteiger partial charge in [-0.05, 0) is 30.4 Å². The quantitative estimate of drug-likeness (QED) is 0.892. The molecule has 1 aliphatic rings. The predicted molar refractivity (Wildman–Crippen MR) is 91.8 cm³/mol. The van der Waals surface area contributed by atoms with Crippen LogP contribution < -0.4 is 0 Å². The van der Waals surface area contributed by atoms with E-state index >= 15 is 0 Å². The van der Waals surface area contributed by atoms with Gasteiger partial charge in [0.15, 0.2) is 0 Å². The maximum Gasteiger partial charge on any atom is 0.0953 e. The van der Waals surface area contributed by atoms with E-state index in [-0.39, 0.29) is 6.04 Å². The van der Waals surface area contributed by atoms with E-state index in [9.17, 15) is 10.2 Å². The molecule has 0 aromatic heterocycles. The summed E-state index contributed by atoms with van der Waals surface area (Å²) in [6, 6.07) is 20.7. The maximum atomic E-state index is 10.5. The fraction of sp³-hybridized carbons (Fsp3) is 0.400. The van der Waals surface area contributed by atoms with Crippen LogP contribution in [0.5, 0.6) is 0 Å². The lowest BCUT2D eigenvalue weighted by Gasteiger charge is -2.40. The zero-order chi connectivity index (χ0) is 16.1. The summed E-state index contributed by atoms with van der Waals surface area (Å²) in [7, 11) is 0. The first-order valence-electron chi connectivity index (χ1n) is 8.42. The van der Waals surface area contributed by atoms with Gasteiger partial charge < -0.3 is 10.2 Å². The molecule has 0 bridgehead atoms. The number of rotatable bonds is 5. The van der Waals surface area contributed by atoms with Crippen molar-refractivity contribution in [3.8, 4) is 0 Å². The van der Waals surface area contributed by atoms with Crippen LogP contribution in [0.25, 0.3) is 0 Å². The zero-order valence-corrected chi connectivity index (χ0v) is 13.4. The van der Waals surface area contributed by atoms with Gasteiger partial charge in [-0.25, -0.2) is 0 Å². The summed E-state index contributed by atoms with van der Waals surface area (Å²) in [5.41, 5.74) is 2.46. The third kappa shape index (κ3) is 4.20. The van der Waals surface area contributed by atoms with Gasteiger partial charge in [0, 0.05) is 19.1 Å². The molecule has 0 aliphatic heterocycles. The van der Waals surface area contributed by atoms with E-state index in [0.29, 0.717) is 6.42 Å². The molecule has 1 saturated carbocycles. The summed E-state index contributed by atoms with van der Waals surface area (Å²) >= 11 is 0. The SMILES string of the molecule is O[C@@H]1[C@@H](O)CCC[C@@H]1N(Cc1ccccc1)Cc1ccccc1. The Morgan fingerprint density at radius 3 is 1.83 bits per heavy atom. The van der Waals surface area contributed by atoms with Gasteiger partial charge in [0.25, 0.3) is 0 Å². The molecule has 0 spiro atoms. The average molecular weight is 311 g/mol. The third-order valence-corrected chi connectivity index (χ3v) is 4.71. The molecule has 0 heterocycles. The van der Waals surface area contributed by atoms with Gasteiger partial charge >= 0.3 is 0 Å². The molecule has 0 amide bonds. The van der Waals surface area contributed by atoms with E-state index in [1.807, 2.05) is 36.4 Å². The van der Waals surface area contributed by atoms with Crippen LogP contribution in [0.4, 0.5) is 0 Å². The van der Waals surface area contributed by atoms with E-state index < -0.39 is 12.2 Å². The average Bonchev–Trinajstić information content (AvgIpc) is 2.59. The molecule has 0 radical (unpaired) electrons. The van der Waals surface area contributed by atoms with E-state index in [0.717, 1.165) is 25.9 Å². The molecule has 2 aromatic carbocycles. The van der Waals surface area contributed by atoms with Crippen molar-refractivity contribution in [1.29, 1.82) is 0 Å². The first-order chi connectivity index (χ1) is 11.2. The molecule has 1 fully saturated rings. The van der Waals surface area contributed by atoms with Crippen LogP contribution in [0.1, 0.15) is 30.4 Å². The lowest BCUT2D eigenvalue weighted by Crippen LogP contribution is -2.50. The van der Waals surface area contributed by atoms with E-state index in [4.69, 9.17) is 0 Å².